The molecule has 2 aliphatic rings. The predicted octanol–water partition coefficient (Wildman–Crippen LogP) is 3.08. The maximum Gasteiger partial charge on any atom is 0.274 e. The highest BCUT2D eigenvalue weighted by atomic mass is 35.5. The first-order valence-corrected chi connectivity index (χ1v) is 11.7. The molecule has 1 aliphatic heterocycles. The highest BCUT2D eigenvalue weighted by Gasteiger charge is 2.51. The summed E-state index contributed by atoms with van der Waals surface area (Å²) < 4.78 is 24.9. The van der Waals surface area contributed by atoms with Crippen molar-refractivity contribution < 1.29 is 13.2 Å². The Morgan fingerprint density at radius 1 is 1.23 bits per heavy atom. The third kappa shape index (κ3) is 3.37. The van der Waals surface area contributed by atoms with Crippen LogP contribution in [0.15, 0.2) is 41.5 Å². The van der Waals surface area contributed by atoms with Gasteiger partial charge in [0.2, 0.25) is 0 Å². The molecule has 1 aromatic carbocycles. The van der Waals surface area contributed by atoms with Crippen molar-refractivity contribution in [1.29, 1.82) is 0 Å². The van der Waals surface area contributed by atoms with Gasteiger partial charge in [0, 0.05) is 11.9 Å². The second-order valence-corrected chi connectivity index (χ2v) is 11.3. The molecule has 1 spiro atoms. The largest absolute Gasteiger partial charge is 0.386 e. The fourth-order valence-corrected chi connectivity index (χ4v) is 5.86. The first kappa shape index (κ1) is 20.8. The van der Waals surface area contributed by atoms with E-state index in [1.54, 1.807) is 32.0 Å². The van der Waals surface area contributed by atoms with E-state index in [2.05, 4.69) is 10.3 Å². The van der Waals surface area contributed by atoms with Gasteiger partial charge in [-0.3, -0.25) is 9.79 Å². The number of pyridine rings is 1. The molecule has 7 nitrogen and oxygen atoms in total. The van der Waals surface area contributed by atoms with E-state index in [0.29, 0.717) is 17.1 Å². The Bertz CT molecular complexity index is 1160. The maximum atomic E-state index is 13.0. The van der Waals surface area contributed by atoms with Crippen LogP contribution < -0.4 is 11.1 Å². The van der Waals surface area contributed by atoms with Crippen molar-refractivity contribution in [1.82, 2.24) is 4.98 Å². The van der Waals surface area contributed by atoms with Crippen LogP contribution in [0.25, 0.3) is 0 Å². The molecule has 0 bridgehead atoms. The number of fused-ring (bicyclic) bond motifs is 2. The van der Waals surface area contributed by atoms with Crippen LogP contribution in [0, 0.1) is 0 Å². The molecular formula is C21H23ClN4O3S. The molecule has 0 saturated heterocycles. The van der Waals surface area contributed by atoms with Gasteiger partial charge in [-0.15, -0.1) is 0 Å². The summed E-state index contributed by atoms with van der Waals surface area (Å²) in [7, 11) is -3.51. The molecule has 9 heteroatoms. The first-order chi connectivity index (χ1) is 14.0. The number of rotatable bonds is 2. The van der Waals surface area contributed by atoms with Gasteiger partial charge in [-0.25, -0.2) is 13.4 Å². The van der Waals surface area contributed by atoms with Crippen LogP contribution in [0.1, 0.15) is 48.3 Å². The number of hydrogen-bond acceptors (Lipinski definition) is 6. The molecule has 1 atom stereocenters. The monoisotopic (exact) mass is 446 g/mol. The summed E-state index contributed by atoms with van der Waals surface area (Å²) in [5.41, 5.74) is 7.82. The zero-order valence-electron chi connectivity index (χ0n) is 16.8. The first-order valence-electron chi connectivity index (χ1n) is 9.68. The van der Waals surface area contributed by atoms with E-state index < -0.39 is 20.1 Å². The van der Waals surface area contributed by atoms with Crippen LogP contribution in [-0.4, -0.2) is 35.6 Å². The zero-order valence-corrected chi connectivity index (χ0v) is 18.3. The molecule has 1 aromatic heterocycles. The second-order valence-electron chi connectivity index (χ2n) is 8.34. The number of carbonyl (C=O) groups excluding carboxylic acids is 1. The SMILES string of the molecule is CC1(C)C(N)=NC2(CCCc3ccc(NC(=O)c4ccc(Cl)cn4)cc32)CS1(=O)=O. The number of anilines is 1. The smallest absolute Gasteiger partial charge is 0.274 e. The van der Waals surface area contributed by atoms with Gasteiger partial charge in [-0.1, -0.05) is 17.7 Å². The highest BCUT2D eigenvalue weighted by molar-refractivity contribution is 7.93. The van der Waals surface area contributed by atoms with Crippen molar-refractivity contribution in [3.05, 3.63) is 58.4 Å². The number of sulfone groups is 1. The number of hydrogen-bond donors (Lipinski definition) is 2. The van der Waals surface area contributed by atoms with Crippen LogP contribution in [0.5, 0.6) is 0 Å². The van der Waals surface area contributed by atoms with Gasteiger partial charge < -0.3 is 11.1 Å². The van der Waals surface area contributed by atoms with Crippen LogP contribution in [0.3, 0.4) is 0 Å². The van der Waals surface area contributed by atoms with E-state index in [0.717, 1.165) is 24.0 Å². The van der Waals surface area contributed by atoms with Gasteiger partial charge in [0.1, 0.15) is 21.8 Å². The number of aliphatic imine (C=N–C) groups is 1. The normalized spacial score (nSPS) is 24.0. The molecule has 1 aliphatic carbocycles. The zero-order chi connectivity index (χ0) is 21.7. The lowest BCUT2D eigenvalue weighted by Crippen LogP contribution is -2.56. The Morgan fingerprint density at radius 3 is 2.67 bits per heavy atom. The van der Waals surface area contributed by atoms with Crippen LogP contribution in [0.4, 0.5) is 5.69 Å². The third-order valence-corrected chi connectivity index (χ3v) is 8.87. The van der Waals surface area contributed by atoms with Crippen LogP contribution in [-0.2, 0) is 21.8 Å². The summed E-state index contributed by atoms with van der Waals surface area (Å²) in [6, 6.07) is 8.67. The van der Waals surface area contributed by atoms with E-state index in [1.165, 1.54) is 6.20 Å². The fourth-order valence-electron chi connectivity index (χ4n) is 4.03. The number of aromatic nitrogens is 1. The number of amides is 1. The minimum absolute atomic E-state index is 0.100. The van der Waals surface area contributed by atoms with E-state index in [-0.39, 0.29) is 23.2 Å². The van der Waals surface area contributed by atoms with Crippen molar-refractivity contribution in [3.63, 3.8) is 0 Å². The lowest BCUT2D eigenvalue weighted by molar-refractivity contribution is 0.102. The van der Waals surface area contributed by atoms with E-state index >= 15 is 0 Å². The second kappa shape index (κ2) is 7.06. The Hall–Kier alpha value is -2.45. The van der Waals surface area contributed by atoms with Gasteiger partial charge in [0.05, 0.1) is 10.8 Å². The van der Waals surface area contributed by atoms with Gasteiger partial charge >= 0.3 is 0 Å². The predicted molar refractivity (Wildman–Crippen MR) is 118 cm³/mol. The Kier molecular flexibility index (Phi) is 4.90. The average Bonchev–Trinajstić information content (AvgIpc) is 2.67. The van der Waals surface area contributed by atoms with E-state index in [1.807, 2.05) is 12.1 Å². The molecule has 1 amide bonds. The molecule has 30 heavy (non-hydrogen) atoms. The number of nitrogens with two attached hydrogens (primary N) is 1. The van der Waals surface area contributed by atoms with Gasteiger partial charge in [0.15, 0.2) is 9.84 Å². The van der Waals surface area contributed by atoms with Crippen LogP contribution >= 0.6 is 11.6 Å². The summed E-state index contributed by atoms with van der Waals surface area (Å²) in [5, 5.41) is 3.27. The van der Waals surface area contributed by atoms with Crippen molar-refractivity contribution in [3.8, 4) is 0 Å². The molecular weight excluding hydrogens is 424 g/mol. The molecule has 4 rings (SSSR count). The van der Waals surface area contributed by atoms with Gasteiger partial charge in [-0.2, -0.15) is 0 Å². The number of carbonyl (C=O) groups is 1. The number of nitrogens with zero attached hydrogens (tertiary/aromatic N) is 2. The minimum Gasteiger partial charge on any atom is -0.386 e. The van der Waals surface area contributed by atoms with E-state index in [9.17, 15) is 13.2 Å². The third-order valence-electron chi connectivity index (χ3n) is 6.02. The van der Waals surface area contributed by atoms with E-state index in [4.69, 9.17) is 22.3 Å². The minimum atomic E-state index is -3.51. The van der Waals surface area contributed by atoms with Crippen LogP contribution in [0.2, 0.25) is 5.02 Å². The Labute approximate surface area is 180 Å². The summed E-state index contributed by atoms with van der Waals surface area (Å²) in [6.45, 7) is 3.18. The summed E-state index contributed by atoms with van der Waals surface area (Å²) in [4.78, 5) is 21.3. The summed E-state index contributed by atoms with van der Waals surface area (Å²) in [5.74, 6) is -0.352. The highest BCUT2D eigenvalue weighted by Crippen LogP contribution is 2.45. The summed E-state index contributed by atoms with van der Waals surface area (Å²) in [6.07, 6.45) is 3.64. The number of amidine groups is 1. The molecule has 158 valence electrons. The number of aryl methyl sites for hydroxylation is 1. The van der Waals surface area contributed by atoms with Crippen molar-refractivity contribution in [2.45, 2.75) is 43.4 Å². The number of benzene rings is 1. The standard InChI is InChI=1S/C21H23ClN4O3S/c1-20(2)19(23)26-21(12-30(20,28)29)9-3-4-13-5-7-15(10-16(13)21)25-18(27)17-8-6-14(22)11-24-17/h5-8,10-11H,3-4,9,12H2,1-2H3,(H2,23,26)(H,25,27). The number of nitrogens with one attached hydrogen (secondary N) is 1. The molecule has 0 radical (unpaired) electrons. The Morgan fingerprint density at radius 2 is 2.00 bits per heavy atom. The molecule has 0 saturated carbocycles. The molecule has 0 fully saturated rings. The number of halogens is 1. The molecule has 2 heterocycles. The van der Waals surface area contributed by atoms with Gasteiger partial charge in [-0.05, 0) is 68.5 Å². The van der Waals surface area contributed by atoms with Crippen molar-refractivity contribution >= 4 is 38.9 Å². The fraction of sp³-hybridized carbons (Fsp3) is 0.381. The molecule has 2 aromatic rings. The average molecular weight is 447 g/mol. The topological polar surface area (TPSA) is 115 Å². The quantitative estimate of drug-likeness (QED) is 0.735. The van der Waals surface area contributed by atoms with Crippen molar-refractivity contribution in [2.24, 2.45) is 10.7 Å². The molecule has 3 N–H and O–H groups in total. The lowest BCUT2D eigenvalue weighted by Gasteiger charge is -2.43. The van der Waals surface area contributed by atoms with Gasteiger partial charge in [0.25, 0.3) is 5.91 Å². The lowest BCUT2D eigenvalue weighted by atomic mass is 9.77. The van der Waals surface area contributed by atoms with Crippen molar-refractivity contribution in [2.75, 3.05) is 11.1 Å². The maximum absolute atomic E-state index is 13.0. The molecule has 1 unspecified atom stereocenters. The summed E-state index contributed by atoms with van der Waals surface area (Å²) >= 11 is 5.83. The Balaban J connectivity index is 1.73.